The van der Waals surface area contributed by atoms with Crippen molar-refractivity contribution >= 4 is 28.4 Å². The molecule has 1 atom stereocenters. The lowest BCUT2D eigenvalue weighted by Crippen LogP contribution is -2.38. The highest BCUT2D eigenvalue weighted by Crippen LogP contribution is 2.25. The Bertz CT molecular complexity index is 1430. The summed E-state index contributed by atoms with van der Waals surface area (Å²) in [5.41, 5.74) is 2.87. The van der Waals surface area contributed by atoms with Gasteiger partial charge in [-0.05, 0) is 80.3 Å². The van der Waals surface area contributed by atoms with E-state index in [9.17, 15) is 9.59 Å². The van der Waals surface area contributed by atoms with Crippen LogP contribution >= 0.6 is 11.6 Å². The van der Waals surface area contributed by atoms with Gasteiger partial charge in [0.1, 0.15) is 5.82 Å². The van der Waals surface area contributed by atoms with Gasteiger partial charge in [0.2, 0.25) is 0 Å². The summed E-state index contributed by atoms with van der Waals surface area (Å²) in [6.45, 7) is 5.06. The molecule has 198 valence electrons. The fourth-order valence-corrected chi connectivity index (χ4v) is 4.75. The van der Waals surface area contributed by atoms with Crippen LogP contribution in [0.5, 0.6) is 0 Å². The summed E-state index contributed by atoms with van der Waals surface area (Å²) in [4.78, 5) is 34.3. The van der Waals surface area contributed by atoms with Crippen molar-refractivity contribution < 1.29 is 9.53 Å². The van der Waals surface area contributed by atoms with Gasteiger partial charge in [-0.1, -0.05) is 49.2 Å². The van der Waals surface area contributed by atoms with Gasteiger partial charge in [-0.25, -0.2) is 4.98 Å². The van der Waals surface area contributed by atoms with Crippen LogP contribution in [0, 0.1) is 0 Å². The molecule has 1 aromatic heterocycles. The van der Waals surface area contributed by atoms with Crippen LogP contribution in [-0.2, 0) is 11.2 Å². The number of fused-ring (bicyclic) bond motifs is 1. The van der Waals surface area contributed by atoms with Crippen molar-refractivity contribution in [3.05, 3.63) is 105 Å². The van der Waals surface area contributed by atoms with Crippen LogP contribution in [0.2, 0.25) is 5.02 Å². The number of amides is 1. The quantitative estimate of drug-likeness (QED) is 0.204. The van der Waals surface area contributed by atoms with Crippen LogP contribution in [0.1, 0.15) is 60.9 Å². The first-order valence-electron chi connectivity index (χ1n) is 13.1. The predicted octanol–water partition coefficient (Wildman–Crippen LogP) is 6.62. The summed E-state index contributed by atoms with van der Waals surface area (Å²) in [5, 5.41) is 1.09. The number of nitrogens with zero attached hydrogens (tertiary/aromatic N) is 3. The molecule has 0 aliphatic heterocycles. The Hall–Kier alpha value is -3.48. The molecule has 0 saturated heterocycles. The number of methoxy groups -OCH3 is 1. The number of carbonyl (C=O) groups excluding carboxylic acids is 1. The lowest BCUT2D eigenvalue weighted by atomic mass is 10.0. The van der Waals surface area contributed by atoms with E-state index < -0.39 is 6.04 Å². The van der Waals surface area contributed by atoms with Crippen LogP contribution in [0.25, 0.3) is 16.6 Å². The molecule has 4 aromatic rings. The third kappa shape index (κ3) is 6.14. The normalized spacial score (nSPS) is 12.0. The Balaban J connectivity index is 1.79. The van der Waals surface area contributed by atoms with E-state index in [1.807, 2.05) is 49.4 Å². The highest BCUT2D eigenvalue weighted by Gasteiger charge is 2.27. The fourth-order valence-electron chi connectivity index (χ4n) is 4.62. The molecule has 6 nitrogen and oxygen atoms in total. The second-order valence-corrected chi connectivity index (χ2v) is 9.86. The molecular weight excluding hydrogens is 498 g/mol. The van der Waals surface area contributed by atoms with E-state index in [0.29, 0.717) is 52.6 Å². The van der Waals surface area contributed by atoms with Crippen molar-refractivity contribution in [3.8, 4) is 5.69 Å². The van der Waals surface area contributed by atoms with Gasteiger partial charge in [-0.2, -0.15) is 0 Å². The Morgan fingerprint density at radius 3 is 2.42 bits per heavy atom. The van der Waals surface area contributed by atoms with Gasteiger partial charge >= 0.3 is 0 Å². The van der Waals surface area contributed by atoms with Crippen molar-refractivity contribution in [2.75, 3.05) is 20.3 Å². The predicted molar refractivity (Wildman–Crippen MR) is 153 cm³/mol. The molecule has 0 radical (unpaired) electrons. The number of benzene rings is 3. The topological polar surface area (TPSA) is 64.4 Å². The standard InChI is InChI=1S/C31H34ClN3O3/c1-4-5-9-23-12-14-24(15-13-23)30(36)34(20-8-21-38-3)22(2)29-33-28-11-7-6-10-27(28)31(37)35(29)26-18-16-25(32)17-19-26/h6-7,10-19,22H,4-5,8-9,20-21H2,1-3H3. The Morgan fingerprint density at radius 1 is 1.03 bits per heavy atom. The minimum atomic E-state index is -0.493. The third-order valence-corrected chi connectivity index (χ3v) is 7.01. The van der Waals surface area contributed by atoms with E-state index in [-0.39, 0.29) is 11.5 Å². The largest absolute Gasteiger partial charge is 0.385 e. The molecule has 3 aromatic carbocycles. The summed E-state index contributed by atoms with van der Waals surface area (Å²) in [6, 6.07) is 21.7. The number of unbranched alkanes of at least 4 members (excludes halogenated alkanes) is 1. The molecule has 1 amide bonds. The first-order valence-corrected chi connectivity index (χ1v) is 13.5. The summed E-state index contributed by atoms with van der Waals surface area (Å²) < 4.78 is 6.87. The van der Waals surface area contributed by atoms with Crippen LogP contribution in [0.3, 0.4) is 0 Å². The van der Waals surface area contributed by atoms with E-state index >= 15 is 0 Å². The van der Waals surface area contributed by atoms with Gasteiger partial charge in [0.05, 0.1) is 22.6 Å². The van der Waals surface area contributed by atoms with E-state index in [1.165, 1.54) is 5.56 Å². The second-order valence-electron chi connectivity index (χ2n) is 9.43. The van der Waals surface area contributed by atoms with Gasteiger partial charge < -0.3 is 9.64 Å². The number of aryl methyl sites for hydroxylation is 1. The van der Waals surface area contributed by atoms with Gasteiger partial charge in [-0.15, -0.1) is 0 Å². The number of halogens is 1. The van der Waals surface area contributed by atoms with Crippen LogP contribution in [0.15, 0.2) is 77.6 Å². The molecule has 38 heavy (non-hydrogen) atoms. The SMILES string of the molecule is CCCCc1ccc(C(=O)N(CCCOC)C(C)c2nc3ccccc3c(=O)n2-c2ccc(Cl)cc2)cc1. The maximum atomic E-state index is 13.9. The average molecular weight is 532 g/mol. The lowest BCUT2D eigenvalue weighted by Gasteiger charge is -2.31. The van der Waals surface area contributed by atoms with Crippen molar-refractivity contribution in [1.29, 1.82) is 0 Å². The molecule has 1 heterocycles. The summed E-state index contributed by atoms with van der Waals surface area (Å²) in [6.07, 6.45) is 3.89. The number of para-hydroxylation sites is 1. The van der Waals surface area contributed by atoms with Crippen LogP contribution in [0.4, 0.5) is 0 Å². The molecular formula is C31H34ClN3O3. The third-order valence-electron chi connectivity index (χ3n) is 6.76. The molecule has 4 rings (SSSR count). The molecule has 0 bridgehead atoms. The highest BCUT2D eigenvalue weighted by molar-refractivity contribution is 6.30. The Kier molecular flexibility index (Phi) is 9.32. The van der Waals surface area contributed by atoms with Crippen molar-refractivity contribution in [1.82, 2.24) is 14.5 Å². The number of hydrogen-bond donors (Lipinski definition) is 0. The number of aromatic nitrogens is 2. The first-order chi connectivity index (χ1) is 18.4. The van der Waals surface area contributed by atoms with E-state index in [2.05, 4.69) is 6.92 Å². The van der Waals surface area contributed by atoms with Gasteiger partial charge in [0.25, 0.3) is 11.5 Å². The fraction of sp³-hybridized carbons (Fsp3) is 0.323. The summed E-state index contributed by atoms with van der Waals surface area (Å²) >= 11 is 6.14. The second kappa shape index (κ2) is 12.9. The molecule has 0 aliphatic carbocycles. The lowest BCUT2D eigenvalue weighted by molar-refractivity contribution is 0.0657. The van der Waals surface area contributed by atoms with Gasteiger partial charge in [-0.3, -0.25) is 14.2 Å². The molecule has 0 spiro atoms. The van der Waals surface area contributed by atoms with Crippen molar-refractivity contribution in [2.45, 2.75) is 45.6 Å². The average Bonchev–Trinajstić information content (AvgIpc) is 2.94. The molecule has 0 N–H and O–H groups in total. The Labute approximate surface area is 228 Å². The molecule has 0 aliphatic rings. The molecule has 0 fully saturated rings. The maximum Gasteiger partial charge on any atom is 0.266 e. The zero-order valence-corrected chi connectivity index (χ0v) is 22.9. The Morgan fingerprint density at radius 2 is 1.74 bits per heavy atom. The van der Waals surface area contributed by atoms with Crippen LogP contribution in [-0.4, -0.2) is 40.6 Å². The minimum Gasteiger partial charge on any atom is -0.385 e. The number of rotatable bonds is 11. The summed E-state index contributed by atoms with van der Waals surface area (Å²) in [5.74, 6) is 0.377. The number of carbonyl (C=O) groups is 1. The van der Waals surface area contributed by atoms with Gasteiger partial charge in [0.15, 0.2) is 0 Å². The molecule has 0 saturated carbocycles. The van der Waals surface area contributed by atoms with Gasteiger partial charge in [0, 0.05) is 30.8 Å². The van der Waals surface area contributed by atoms with E-state index in [4.69, 9.17) is 21.3 Å². The van der Waals surface area contributed by atoms with Crippen molar-refractivity contribution in [3.63, 3.8) is 0 Å². The molecule has 1 unspecified atom stereocenters. The highest BCUT2D eigenvalue weighted by atomic mass is 35.5. The number of ether oxygens (including phenoxy) is 1. The number of hydrogen-bond acceptors (Lipinski definition) is 4. The zero-order valence-electron chi connectivity index (χ0n) is 22.2. The van der Waals surface area contributed by atoms with Crippen molar-refractivity contribution in [2.24, 2.45) is 0 Å². The monoisotopic (exact) mass is 531 g/mol. The smallest absolute Gasteiger partial charge is 0.266 e. The maximum absolute atomic E-state index is 13.9. The van der Waals surface area contributed by atoms with Crippen LogP contribution < -0.4 is 5.56 Å². The minimum absolute atomic E-state index is 0.110. The molecule has 7 heteroatoms. The zero-order chi connectivity index (χ0) is 27.1. The van der Waals surface area contributed by atoms with E-state index in [1.54, 1.807) is 46.9 Å². The van der Waals surface area contributed by atoms with E-state index in [0.717, 1.165) is 19.3 Å². The first kappa shape index (κ1) is 27.6. The summed E-state index contributed by atoms with van der Waals surface area (Å²) in [7, 11) is 1.65.